The van der Waals surface area contributed by atoms with E-state index in [0.29, 0.717) is 24.5 Å². The zero-order chi connectivity index (χ0) is 15.4. The standard InChI is InChI=1S/C15H16ClN3O2/c1-18(8-2-7-17)15(21)11-9-14(20)19(10-11)13-5-3-12(16)4-6-13/h3-6,11H,2,8-10H2,1H3/t11-/m1/s1. The molecule has 1 heterocycles. The van der Waals surface area contributed by atoms with Gasteiger partial charge < -0.3 is 9.80 Å². The fourth-order valence-electron chi connectivity index (χ4n) is 2.38. The van der Waals surface area contributed by atoms with Crippen LogP contribution in [0.2, 0.25) is 5.02 Å². The third-order valence-electron chi connectivity index (χ3n) is 3.55. The van der Waals surface area contributed by atoms with Crippen molar-refractivity contribution in [1.82, 2.24) is 4.90 Å². The first kappa shape index (κ1) is 15.3. The average Bonchev–Trinajstić information content (AvgIpc) is 2.86. The summed E-state index contributed by atoms with van der Waals surface area (Å²) in [6.07, 6.45) is 0.502. The SMILES string of the molecule is CN(CCC#N)C(=O)[C@@H]1CC(=O)N(c2ccc(Cl)cc2)C1. The summed E-state index contributed by atoms with van der Waals surface area (Å²) in [5.41, 5.74) is 0.749. The highest BCUT2D eigenvalue weighted by Gasteiger charge is 2.36. The van der Waals surface area contributed by atoms with Gasteiger partial charge in [-0.1, -0.05) is 11.6 Å². The number of amides is 2. The third kappa shape index (κ3) is 3.53. The quantitative estimate of drug-likeness (QED) is 0.855. The van der Waals surface area contributed by atoms with Crippen molar-refractivity contribution in [2.24, 2.45) is 5.92 Å². The minimum atomic E-state index is -0.350. The van der Waals surface area contributed by atoms with Crippen LogP contribution in [-0.4, -0.2) is 36.9 Å². The summed E-state index contributed by atoms with van der Waals surface area (Å²) in [5, 5.41) is 9.16. The normalized spacial score (nSPS) is 17.7. The molecule has 2 amide bonds. The lowest BCUT2D eigenvalue weighted by atomic mass is 10.1. The van der Waals surface area contributed by atoms with Crippen LogP contribution in [0.1, 0.15) is 12.8 Å². The van der Waals surface area contributed by atoms with Gasteiger partial charge in [-0.25, -0.2) is 0 Å². The Labute approximate surface area is 128 Å². The minimum Gasteiger partial charge on any atom is -0.344 e. The number of carbonyl (C=O) groups excluding carboxylic acids is 2. The molecular weight excluding hydrogens is 290 g/mol. The molecule has 6 heteroatoms. The van der Waals surface area contributed by atoms with Gasteiger partial charge >= 0.3 is 0 Å². The molecule has 110 valence electrons. The Bertz CT molecular complexity index is 580. The van der Waals surface area contributed by atoms with Crippen LogP contribution in [0, 0.1) is 17.2 Å². The summed E-state index contributed by atoms with van der Waals surface area (Å²) in [4.78, 5) is 27.5. The van der Waals surface area contributed by atoms with E-state index in [1.165, 1.54) is 4.90 Å². The van der Waals surface area contributed by atoms with Gasteiger partial charge in [-0.2, -0.15) is 5.26 Å². The van der Waals surface area contributed by atoms with Gasteiger partial charge in [-0.3, -0.25) is 9.59 Å². The third-order valence-corrected chi connectivity index (χ3v) is 3.80. The highest BCUT2D eigenvalue weighted by Crippen LogP contribution is 2.27. The topological polar surface area (TPSA) is 64.4 Å². The fraction of sp³-hybridized carbons (Fsp3) is 0.400. The second-order valence-corrected chi connectivity index (χ2v) is 5.49. The van der Waals surface area contributed by atoms with Crippen LogP contribution in [0.4, 0.5) is 5.69 Å². The Hall–Kier alpha value is -2.06. The van der Waals surface area contributed by atoms with Gasteiger partial charge in [0.2, 0.25) is 11.8 Å². The summed E-state index contributed by atoms with van der Waals surface area (Å²) in [6, 6.07) is 8.99. The molecule has 5 nitrogen and oxygen atoms in total. The summed E-state index contributed by atoms with van der Waals surface area (Å²) >= 11 is 5.83. The molecule has 1 saturated heterocycles. The molecule has 0 spiro atoms. The van der Waals surface area contributed by atoms with Crippen molar-refractivity contribution in [3.8, 4) is 6.07 Å². The number of nitrogens with zero attached hydrogens (tertiary/aromatic N) is 3. The number of hydrogen-bond donors (Lipinski definition) is 0. The molecule has 21 heavy (non-hydrogen) atoms. The van der Waals surface area contributed by atoms with Crippen LogP contribution in [0.5, 0.6) is 0 Å². The molecule has 1 aromatic carbocycles. The highest BCUT2D eigenvalue weighted by molar-refractivity contribution is 6.30. The number of carbonyl (C=O) groups is 2. The maximum absolute atomic E-state index is 12.2. The van der Waals surface area contributed by atoms with Gasteiger partial charge in [0.25, 0.3) is 0 Å². The average molecular weight is 306 g/mol. The van der Waals surface area contributed by atoms with Gasteiger partial charge in [-0.05, 0) is 24.3 Å². The van der Waals surface area contributed by atoms with Crippen LogP contribution in [-0.2, 0) is 9.59 Å². The van der Waals surface area contributed by atoms with Crippen LogP contribution >= 0.6 is 11.6 Å². The van der Waals surface area contributed by atoms with Crippen molar-refractivity contribution in [2.45, 2.75) is 12.8 Å². The predicted octanol–water partition coefficient (Wildman–Crippen LogP) is 2.06. The zero-order valence-corrected chi connectivity index (χ0v) is 12.5. The number of hydrogen-bond acceptors (Lipinski definition) is 3. The second kappa shape index (κ2) is 6.59. The van der Waals surface area contributed by atoms with Crippen LogP contribution in [0.3, 0.4) is 0 Å². The maximum Gasteiger partial charge on any atom is 0.227 e. The molecule has 1 fully saturated rings. The first-order valence-electron chi connectivity index (χ1n) is 6.70. The lowest BCUT2D eigenvalue weighted by Crippen LogP contribution is -2.35. The van der Waals surface area contributed by atoms with Gasteiger partial charge in [0, 0.05) is 37.3 Å². The smallest absolute Gasteiger partial charge is 0.227 e. The molecule has 0 radical (unpaired) electrons. The van der Waals surface area contributed by atoms with Crippen LogP contribution < -0.4 is 4.90 Å². The molecule has 1 aromatic rings. The zero-order valence-electron chi connectivity index (χ0n) is 11.8. The van der Waals surface area contributed by atoms with Crippen molar-refractivity contribution >= 4 is 29.1 Å². The molecule has 1 atom stereocenters. The number of anilines is 1. The van der Waals surface area contributed by atoms with Crippen molar-refractivity contribution < 1.29 is 9.59 Å². The van der Waals surface area contributed by atoms with Crippen molar-refractivity contribution in [3.63, 3.8) is 0 Å². The van der Waals surface area contributed by atoms with E-state index in [2.05, 4.69) is 0 Å². The first-order chi connectivity index (χ1) is 10.0. The molecule has 0 aromatic heterocycles. The Morgan fingerprint density at radius 2 is 2.14 bits per heavy atom. The highest BCUT2D eigenvalue weighted by atomic mass is 35.5. The van der Waals surface area contributed by atoms with E-state index in [-0.39, 0.29) is 24.2 Å². The summed E-state index contributed by atoms with van der Waals surface area (Å²) in [5.74, 6) is -0.503. The van der Waals surface area contributed by atoms with Gasteiger partial charge in [0.15, 0.2) is 0 Å². The van der Waals surface area contributed by atoms with E-state index in [4.69, 9.17) is 16.9 Å². The Morgan fingerprint density at radius 1 is 1.48 bits per heavy atom. The number of halogens is 1. The Morgan fingerprint density at radius 3 is 2.76 bits per heavy atom. The minimum absolute atomic E-state index is 0.0654. The molecule has 0 saturated carbocycles. The lowest BCUT2D eigenvalue weighted by Gasteiger charge is -2.20. The monoisotopic (exact) mass is 305 g/mol. The molecule has 2 rings (SSSR count). The summed E-state index contributed by atoms with van der Waals surface area (Å²) in [6.45, 7) is 0.761. The van der Waals surface area contributed by atoms with Crippen LogP contribution in [0.15, 0.2) is 24.3 Å². The molecule has 0 bridgehead atoms. The molecule has 0 aliphatic carbocycles. The number of benzene rings is 1. The van der Waals surface area contributed by atoms with Gasteiger partial charge in [-0.15, -0.1) is 0 Å². The lowest BCUT2D eigenvalue weighted by molar-refractivity contribution is -0.134. The van der Waals surface area contributed by atoms with E-state index in [1.807, 2.05) is 6.07 Å². The summed E-state index contributed by atoms with van der Waals surface area (Å²) in [7, 11) is 1.66. The summed E-state index contributed by atoms with van der Waals surface area (Å²) < 4.78 is 0. The fourth-order valence-corrected chi connectivity index (χ4v) is 2.51. The number of rotatable bonds is 4. The molecule has 0 unspecified atom stereocenters. The second-order valence-electron chi connectivity index (χ2n) is 5.05. The first-order valence-corrected chi connectivity index (χ1v) is 7.08. The van der Waals surface area contributed by atoms with Crippen molar-refractivity contribution in [2.75, 3.05) is 25.0 Å². The van der Waals surface area contributed by atoms with E-state index in [9.17, 15) is 9.59 Å². The van der Waals surface area contributed by atoms with Gasteiger partial charge in [0.05, 0.1) is 18.4 Å². The van der Waals surface area contributed by atoms with Crippen molar-refractivity contribution in [3.05, 3.63) is 29.3 Å². The molecular formula is C15H16ClN3O2. The maximum atomic E-state index is 12.2. The number of nitriles is 1. The van der Waals surface area contributed by atoms with E-state index >= 15 is 0 Å². The molecule has 1 aliphatic heterocycles. The Kier molecular flexibility index (Phi) is 4.81. The van der Waals surface area contributed by atoms with E-state index < -0.39 is 0 Å². The van der Waals surface area contributed by atoms with Crippen molar-refractivity contribution in [1.29, 1.82) is 5.26 Å². The Balaban J connectivity index is 2.04. The van der Waals surface area contributed by atoms with Crippen LogP contribution in [0.25, 0.3) is 0 Å². The molecule has 0 N–H and O–H groups in total. The van der Waals surface area contributed by atoms with Gasteiger partial charge in [0.1, 0.15) is 0 Å². The molecule has 1 aliphatic rings. The van der Waals surface area contributed by atoms with E-state index in [0.717, 1.165) is 5.69 Å². The predicted molar refractivity (Wildman–Crippen MR) is 79.8 cm³/mol. The largest absolute Gasteiger partial charge is 0.344 e. The van der Waals surface area contributed by atoms with E-state index in [1.54, 1.807) is 36.2 Å².